The van der Waals surface area contributed by atoms with Gasteiger partial charge in [0.15, 0.2) is 0 Å². The van der Waals surface area contributed by atoms with E-state index in [0.717, 1.165) is 43.8 Å². The van der Waals surface area contributed by atoms with Crippen molar-refractivity contribution >= 4 is 5.91 Å². The van der Waals surface area contributed by atoms with Crippen molar-refractivity contribution in [2.24, 2.45) is 0 Å². The van der Waals surface area contributed by atoms with E-state index in [1.165, 1.54) is 11.9 Å². The molecule has 1 aliphatic heterocycles. The van der Waals surface area contributed by atoms with E-state index in [-0.39, 0.29) is 11.9 Å². The Morgan fingerprint density at radius 1 is 1.13 bits per heavy atom. The van der Waals surface area contributed by atoms with Gasteiger partial charge in [-0.25, -0.2) is 4.68 Å². The molecule has 0 radical (unpaired) electrons. The molecule has 3 aromatic rings. The minimum atomic E-state index is -0.469. The molecule has 0 aliphatic carbocycles. The number of likely N-dealkylation sites (tertiary alicyclic amines) is 1. The molecule has 1 unspecified atom stereocenters. The van der Waals surface area contributed by atoms with Gasteiger partial charge in [-0.2, -0.15) is 0 Å². The van der Waals surface area contributed by atoms with E-state index in [4.69, 9.17) is 4.74 Å². The summed E-state index contributed by atoms with van der Waals surface area (Å²) in [6.45, 7) is 2.71. The first-order valence-electron chi connectivity index (χ1n) is 10.6. The molecule has 8 heteroatoms. The Bertz CT molecular complexity index is 955. The van der Waals surface area contributed by atoms with Crippen molar-refractivity contribution in [3.8, 4) is 5.75 Å². The number of rotatable bonds is 8. The Morgan fingerprint density at radius 3 is 2.58 bits per heavy atom. The monoisotopic (exact) mass is 420 g/mol. The zero-order valence-corrected chi connectivity index (χ0v) is 17.7. The number of ether oxygens (including phenoxy) is 1. The predicted octanol–water partition coefficient (Wildman–Crippen LogP) is 2.25. The highest BCUT2D eigenvalue weighted by atomic mass is 16.5. The van der Waals surface area contributed by atoms with Crippen LogP contribution >= 0.6 is 0 Å². The molecule has 1 aromatic heterocycles. The van der Waals surface area contributed by atoms with E-state index in [0.29, 0.717) is 6.42 Å². The molecule has 0 bridgehead atoms. The van der Waals surface area contributed by atoms with Gasteiger partial charge in [0, 0.05) is 37.7 Å². The van der Waals surface area contributed by atoms with E-state index in [1.54, 1.807) is 11.8 Å². The topological polar surface area (TPSA) is 85.2 Å². The number of benzene rings is 2. The highest BCUT2D eigenvalue weighted by molar-refractivity contribution is 5.80. The molecule has 4 rings (SSSR count). The number of carbonyl (C=O) groups is 1. The third-order valence-corrected chi connectivity index (χ3v) is 5.78. The van der Waals surface area contributed by atoms with Gasteiger partial charge in [-0.05, 0) is 34.9 Å². The molecule has 31 heavy (non-hydrogen) atoms. The summed E-state index contributed by atoms with van der Waals surface area (Å²) in [5.41, 5.74) is 2.26. The highest BCUT2D eigenvalue weighted by Gasteiger charge is 2.27. The molecule has 1 N–H and O–H groups in total. The lowest BCUT2D eigenvalue weighted by atomic mass is 10.0. The standard InChI is InChI=1S/C23H28N6O2/c1-31-22-10-6-5-9-19(22)16-28-13-11-20(12-14-28)25-23(30)21(29-17-24-26-27-29)15-18-7-3-2-4-8-18/h2-10,17,20-21H,11-16H2,1H3,(H,25,30). The molecule has 2 heterocycles. The Kier molecular flexibility index (Phi) is 6.89. The maximum absolute atomic E-state index is 13.1. The number of hydrogen-bond acceptors (Lipinski definition) is 6. The maximum Gasteiger partial charge on any atom is 0.245 e. The van der Waals surface area contributed by atoms with Crippen LogP contribution in [0.15, 0.2) is 60.9 Å². The van der Waals surface area contributed by atoms with Crippen LogP contribution in [0.3, 0.4) is 0 Å². The molecular formula is C23H28N6O2. The Balaban J connectivity index is 1.34. The quantitative estimate of drug-likeness (QED) is 0.602. The van der Waals surface area contributed by atoms with Crippen molar-refractivity contribution in [1.29, 1.82) is 0 Å². The fraction of sp³-hybridized carbons (Fsp3) is 0.391. The van der Waals surface area contributed by atoms with Crippen LogP contribution in [0, 0.1) is 0 Å². The molecule has 162 valence electrons. The van der Waals surface area contributed by atoms with Gasteiger partial charge in [0.25, 0.3) is 0 Å². The van der Waals surface area contributed by atoms with Crippen LogP contribution in [-0.2, 0) is 17.8 Å². The summed E-state index contributed by atoms with van der Waals surface area (Å²) >= 11 is 0. The summed E-state index contributed by atoms with van der Waals surface area (Å²) in [5, 5.41) is 14.6. The van der Waals surface area contributed by atoms with Gasteiger partial charge in [0.1, 0.15) is 18.1 Å². The number of carbonyl (C=O) groups excluding carboxylic acids is 1. The summed E-state index contributed by atoms with van der Waals surface area (Å²) in [7, 11) is 1.71. The number of para-hydroxylation sites is 1. The molecular weight excluding hydrogens is 392 g/mol. The van der Waals surface area contributed by atoms with E-state index < -0.39 is 6.04 Å². The van der Waals surface area contributed by atoms with Gasteiger partial charge in [-0.15, -0.1) is 5.10 Å². The van der Waals surface area contributed by atoms with Gasteiger partial charge in [-0.3, -0.25) is 9.69 Å². The molecule has 0 saturated carbocycles. The average Bonchev–Trinajstić information content (AvgIpc) is 3.34. The summed E-state index contributed by atoms with van der Waals surface area (Å²) in [5.74, 6) is 0.877. The molecule has 1 aliphatic rings. The van der Waals surface area contributed by atoms with E-state index in [2.05, 4.69) is 31.8 Å². The zero-order valence-electron chi connectivity index (χ0n) is 17.7. The molecule has 1 saturated heterocycles. The van der Waals surface area contributed by atoms with Crippen molar-refractivity contribution in [3.63, 3.8) is 0 Å². The first kappa shape index (κ1) is 21.0. The number of methoxy groups -OCH3 is 1. The van der Waals surface area contributed by atoms with E-state index in [1.807, 2.05) is 48.5 Å². The second-order valence-electron chi connectivity index (χ2n) is 7.87. The molecule has 2 aromatic carbocycles. The largest absolute Gasteiger partial charge is 0.496 e. The number of tetrazole rings is 1. The molecule has 1 amide bonds. The number of piperidine rings is 1. The first-order chi connectivity index (χ1) is 15.2. The summed E-state index contributed by atoms with van der Waals surface area (Å²) in [4.78, 5) is 15.5. The van der Waals surface area contributed by atoms with Crippen LogP contribution in [0.2, 0.25) is 0 Å². The SMILES string of the molecule is COc1ccccc1CN1CCC(NC(=O)C(Cc2ccccc2)n2cnnn2)CC1. The summed E-state index contributed by atoms with van der Waals surface area (Å²) < 4.78 is 7.01. The minimum absolute atomic E-state index is 0.0423. The van der Waals surface area contributed by atoms with E-state index >= 15 is 0 Å². The lowest BCUT2D eigenvalue weighted by Crippen LogP contribution is -2.46. The maximum atomic E-state index is 13.1. The first-order valence-corrected chi connectivity index (χ1v) is 10.6. The predicted molar refractivity (Wildman–Crippen MR) is 116 cm³/mol. The number of hydrogen-bond donors (Lipinski definition) is 1. The van der Waals surface area contributed by atoms with Gasteiger partial charge < -0.3 is 10.1 Å². The van der Waals surface area contributed by atoms with Crippen molar-refractivity contribution in [1.82, 2.24) is 30.4 Å². The van der Waals surface area contributed by atoms with Crippen molar-refractivity contribution in [2.45, 2.75) is 37.9 Å². The third kappa shape index (κ3) is 5.46. The Labute approximate surface area is 182 Å². The Morgan fingerprint density at radius 2 is 1.87 bits per heavy atom. The van der Waals surface area contributed by atoms with Gasteiger partial charge in [-0.1, -0.05) is 48.5 Å². The number of nitrogens with zero attached hydrogens (tertiary/aromatic N) is 5. The number of aromatic nitrogens is 4. The van der Waals surface area contributed by atoms with Crippen LogP contribution < -0.4 is 10.1 Å². The number of amides is 1. The second-order valence-corrected chi connectivity index (χ2v) is 7.87. The fourth-order valence-corrected chi connectivity index (χ4v) is 4.06. The lowest BCUT2D eigenvalue weighted by molar-refractivity contribution is -0.125. The summed E-state index contributed by atoms with van der Waals surface area (Å²) in [6, 6.07) is 17.7. The molecule has 8 nitrogen and oxygen atoms in total. The average molecular weight is 421 g/mol. The second kappa shape index (κ2) is 10.2. The lowest BCUT2D eigenvalue weighted by Gasteiger charge is -2.33. The normalized spacial score (nSPS) is 16.0. The van der Waals surface area contributed by atoms with Crippen LogP contribution in [0.1, 0.15) is 30.0 Å². The zero-order chi connectivity index (χ0) is 21.5. The smallest absolute Gasteiger partial charge is 0.245 e. The third-order valence-electron chi connectivity index (χ3n) is 5.78. The van der Waals surface area contributed by atoms with E-state index in [9.17, 15) is 4.79 Å². The van der Waals surface area contributed by atoms with Crippen molar-refractivity contribution < 1.29 is 9.53 Å². The van der Waals surface area contributed by atoms with Crippen LogP contribution in [0.4, 0.5) is 0 Å². The molecule has 1 fully saturated rings. The highest BCUT2D eigenvalue weighted by Crippen LogP contribution is 2.22. The fourth-order valence-electron chi connectivity index (χ4n) is 4.06. The minimum Gasteiger partial charge on any atom is -0.496 e. The van der Waals surface area contributed by atoms with Crippen LogP contribution in [-0.4, -0.2) is 57.3 Å². The molecule has 1 atom stereocenters. The summed E-state index contributed by atoms with van der Waals surface area (Å²) in [6.07, 6.45) is 3.87. The Hall–Kier alpha value is -3.26. The van der Waals surface area contributed by atoms with Gasteiger partial charge in [0.2, 0.25) is 5.91 Å². The van der Waals surface area contributed by atoms with Crippen molar-refractivity contribution in [2.75, 3.05) is 20.2 Å². The number of nitrogens with one attached hydrogen (secondary N) is 1. The van der Waals surface area contributed by atoms with Crippen LogP contribution in [0.25, 0.3) is 0 Å². The van der Waals surface area contributed by atoms with Crippen molar-refractivity contribution in [3.05, 3.63) is 72.1 Å². The van der Waals surface area contributed by atoms with Gasteiger partial charge in [0.05, 0.1) is 7.11 Å². The van der Waals surface area contributed by atoms with Gasteiger partial charge >= 0.3 is 0 Å². The molecule has 0 spiro atoms. The van der Waals surface area contributed by atoms with Crippen LogP contribution in [0.5, 0.6) is 5.75 Å².